The highest BCUT2D eigenvalue weighted by atomic mass is 16.1. The van der Waals surface area contributed by atoms with Gasteiger partial charge in [0, 0.05) is 37.8 Å². The van der Waals surface area contributed by atoms with Gasteiger partial charge in [-0.15, -0.1) is 0 Å². The van der Waals surface area contributed by atoms with E-state index in [1.54, 1.807) is 0 Å². The van der Waals surface area contributed by atoms with Gasteiger partial charge < -0.3 is 9.88 Å². The van der Waals surface area contributed by atoms with Crippen LogP contribution in [-0.4, -0.2) is 22.0 Å². The quantitative estimate of drug-likeness (QED) is 0.801. The molecule has 0 spiro atoms. The van der Waals surface area contributed by atoms with Gasteiger partial charge in [-0.25, -0.2) is 4.98 Å². The highest BCUT2D eigenvalue weighted by molar-refractivity contribution is 5.75. The van der Waals surface area contributed by atoms with E-state index in [1.807, 2.05) is 6.20 Å². The van der Waals surface area contributed by atoms with Crippen molar-refractivity contribution in [2.45, 2.75) is 71.3 Å². The van der Waals surface area contributed by atoms with Gasteiger partial charge in [-0.2, -0.15) is 0 Å². The fraction of sp³-hybridized carbons (Fsp3) is 0.778. The molecule has 2 fully saturated rings. The van der Waals surface area contributed by atoms with Gasteiger partial charge in [-0.3, -0.25) is 4.79 Å². The minimum atomic E-state index is 0.212. The summed E-state index contributed by atoms with van der Waals surface area (Å²) in [4.78, 5) is 16.4. The van der Waals surface area contributed by atoms with Crippen LogP contribution in [0.4, 0.5) is 0 Å². The largest absolute Gasteiger partial charge is 0.356 e. The first-order valence-electron chi connectivity index (χ1n) is 9.00. The molecule has 1 aromatic rings. The number of nitrogens with one attached hydrogen (secondary N) is 1. The summed E-state index contributed by atoms with van der Waals surface area (Å²) in [6, 6.07) is 0. The lowest BCUT2D eigenvalue weighted by molar-refractivity contribution is -0.121. The molecule has 2 aliphatic rings. The molecule has 0 radical (unpaired) electrons. The fourth-order valence-electron chi connectivity index (χ4n) is 3.55. The highest BCUT2D eigenvalue weighted by Crippen LogP contribution is 2.31. The van der Waals surface area contributed by atoms with Crippen LogP contribution in [0.5, 0.6) is 0 Å². The maximum absolute atomic E-state index is 11.9. The molecule has 4 heteroatoms. The summed E-state index contributed by atoms with van der Waals surface area (Å²) in [6.07, 6.45) is 12.6. The molecule has 1 amide bonds. The minimum absolute atomic E-state index is 0.212. The summed E-state index contributed by atoms with van der Waals surface area (Å²) in [6.45, 7) is 3.94. The second-order valence-electron chi connectivity index (χ2n) is 7.16. The zero-order chi connectivity index (χ0) is 15.4. The second kappa shape index (κ2) is 7.30. The van der Waals surface area contributed by atoms with Crippen LogP contribution in [-0.2, 0) is 17.8 Å². The van der Waals surface area contributed by atoms with E-state index in [0.29, 0.717) is 13.0 Å². The third kappa shape index (κ3) is 4.34. The number of rotatable bonds is 8. The van der Waals surface area contributed by atoms with Gasteiger partial charge in [0.1, 0.15) is 5.82 Å². The van der Waals surface area contributed by atoms with Gasteiger partial charge in [-0.1, -0.05) is 25.7 Å². The van der Waals surface area contributed by atoms with Crippen molar-refractivity contribution in [2.24, 2.45) is 11.8 Å². The van der Waals surface area contributed by atoms with Crippen molar-refractivity contribution in [3.8, 4) is 0 Å². The van der Waals surface area contributed by atoms with Crippen LogP contribution in [0.25, 0.3) is 0 Å². The second-order valence-corrected chi connectivity index (χ2v) is 7.16. The molecule has 0 saturated heterocycles. The molecule has 22 heavy (non-hydrogen) atoms. The number of imidazole rings is 1. The van der Waals surface area contributed by atoms with Gasteiger partial charge in [0.25, 0.3) is 0 Å². The molecule has 122 valence electrons. The summed E-state index contributed by atoms with van der Waals surface area (Å²) in [5, 5.41) is 3.07. The zero-order valence-corrected chi connectivity index (χ0v) is 13.8. The molecule has 4 nitrogen and oxygen atoms in total. The fourth-order valence-corrected chi connectivity index (χ4v) is 3.55. The van der Waals surface area contributed by atoms with Crippen LogP contribution >= 0.6 is 0 Å². The van der Waals surface area contributed by atoms with E-state index in [4.69, 9.17) is 0 Å². The van der Waals surface area contributed by atoms with Crippen molar-refractivity contribution in [1.29, 1.82) is 0 Å². The first-order valence-corrected chi connectivity index (χ1v) is 9.00. The van der Waals surface area contributed by atoms with E-state index in [-0.39, 0.29) is 5.91 Å². The minimum Gasteiger partial charge on any atom is -0.356 e. The Morgan fingerprint density at radius 3 is 2.77 bits per heavy atom. The van der Waals surface area contributed by atoms with Crippen molar-refractivity contribution in [3.05, 3.63) is 17.7 Å². The van der Waals surface area contributed by atoms with Crippen molar-refractivity contribution < 1.29 is 4.79 Å². The van der Waals surface area contributed by atoms with Crippen LogP contribution in [0.2, 0.25) is 0 Å². The van der Waals surface area contributed by atoms with Gasteiger partial charge in [0.2, 0.25) is 5.91 Å². The molecule has 0 atom stereocenters. The van der Waals surface area contributed by atoms with Gasteiger partial charge in [0.15, 0.2) is 0 Å². The molecule has 0 bridgehead atoms. The average molecular weight is 303 g/mol. The molecule has 0 aromatic carbocycles. The summed E-state index contributed by atoms with van der Waals surface area (Å²) >= 11 is 0. The number of amides is 1. The topological polar surface area (TPSA) is 46.9 Å². The molecule has 2 saturated carbocycles. The summed E-state index contributed by atoms with van der Waals surface area (Å²) in [5.74, 6) is 2.99. The number of aromatic nitrogens is 2. The lowest BCUT2D eigenvalue weighted by Crippen LogP contribution is -2.26. The Balaban J connectivity index is 1.37. The third-order valence-electron chi connectivity index (χ3n) is 5.20. The van der Waals surface area contributed by atoms with Crippen LogP contribution in [0.1, 0.15) is 62.9 Å². The maximum atomic E-state index is 11.9. The van der Waals surface area contributed by atoms with Crippen LogP contribution in [0.3, 0.4) is 0 Å². The summed E-state index contributed by atoms with van der Waals surface area (Å²) in [7, 11) is 0. The molecule has 0 aliphatic heterocycles. The smallest absolute Gasteiger partial charge is 0.220 e. The summed E-state index contributed by atoms with van der Waals surface area (Å²) < 4.78 is 2.34. The van der Waals surface area contributed by atoms with E-state index < -0.39 is 0 Å². The van der Waals surface area contributed by atoms with E-state index in [9.17, 15) is 4.79 Å². The van der Waals surface area contributed by atoms with E-state index >= 15 is 0 Å². The van der Waals surface area contributed by atoms with E-state index in [1.165, 1.54) is 44.2 Å². The average Bonchev–Trinajstić information content (AvgIpc) is 3.05. The Hall–Kier alpha value is -1.32. The molecule has 1 aromatic heterocycles. The number of aryl methyl sites for hydroxylation is 1. The Bertz CT molecular complexity index is 498. The molecular weight excluding hydrogens is 274 g/mol. The first kappa shape index (κ1) is 15.6. The Labute approximate surface area is 133 Å². The SMILES string of the molecule is Cc1cnc(CCNC(=O)CCC2CCCC2)n1CC1CC1. The molecular formula is C18H29N3O. The zero-order valence-electron chi connectivity index (χ0n) is 13.8. The molecule has 1 N–H and O–H groups in total. The molecule has 1 heterocycles. The summed E-state index contributed by atoms with van der Waals surface area (Å²) in [5.41, 5.74) is 1.24. The predicted molar refractivity (Wildman–Crippen MR) is 87.6 cm³/mol. The molecule has 0 unspecified atom stereocenters. The Morgan fingerprint density at radius 1 is 1.27 bits per heavy atom. The maximum Gasteiger partial charge on any atom is 0.220 e. The van der Waals surface area contributed by atoms with E-state index in [0.717, 1.165) is 37.0 Å². The van der Waals surface area contributed by atoms with Crippen LogP contribution in [0, 0.1) is 18.8 Å². The molecule has 3 rings (SSSR count). The van der Waals surface area contributed by atoms with Crippen LogP contribution in [0.15, 0.2) is 6.20 Å². The number of carbonyl (C=O) groups is 1. The number of hydrogen-bond acceptors (Lipinski definition) is 2. The van der Waals surface area contributed by atoms with E-state index in [2.05, 4.69) is 21.8 Å². The third-order valence-corrected chi connectivity index (χ3v) is 5.20. The number of nitrogens with zero attached hydrogens (tertiary/aromatic N) is 2. The lowest BCUT2D eigenvalue weighted by Gasteiger charge is -2.11. The van der Waals surface area contributed by atoms with Crippen molar-refractivity contribution in [3.63, 3.8) is 0 Å². The van der Waals surface area contributed by atoms with Crippen LogP contribution < -0.4 is 5.32 Å². The normalized spacial score (nSPS) is 18.8. The first-order chi connectivity index (χ1) is 10.7. The Kier molecular flexibility index (Phi) is 5.16. The van der Waals surface area contributed by atoms with Crippen molar-refractivity contribution in [1.82, 2.24) is 14.9 Å². The lowest BCUT2D eigenvalue weighted by atomic mass is 10.0. The highest BCUT2D eigenvalue weighted by Gasteiger charge is 2.23. The van der Waals surface area contributed by atoms with Gasteiger partial charge in [0.05, 0.1) is 0 Å². The molecule has 2 aliphatic carbocycles. The van der Waals surface area contributed by atoms with Gasteiger partial charge in [-0.05, 0) is 38.0 Å². The Morgan fingerprint density at radius 2 is 2.05 bits per heavy atom. The number of carbonyl (C=O) groups excluding carboxylic acids is 1. The number of hydrogen-bond donors (Lipinski definition) is 1. The standard InChI is InChI=1S/C18H29N3O/c1-14-12-20-17(21(14)13-16-6-7-16)10-11-19-18(22)9-8-15-4-2-3-5-15/h12,15-16H,2-11,13H2,1H3,(H,19,22). The van der Waals surface area contributed by atoms with Gasteiger partial charge >= 0.3 is 0 Å². The predicted octanol–water partition coefficient (Wildman–Crippen LogP) is 3.23. The van der Waals surface area contributed by atoms with Crippen molar-refractivity contribution >= 4 is 5.91 Å². The monoisotopic (exact) mass is 303 g/mol. The van der Waals surface area contributed by atoms with Crippen molar-refractivity contribution in [2.75, 3.05) is 6.54 Å².